The summed E-state index contributed by atoms with van der Waals surface area (Å²) in [7, 11) is 0. The minimum Gasteiger partial charge on any atom is -0.472 e. The van der Waals surface area contributed by atoms with Gasteiger partial charge in [0.05, 0.1) is 17.9 Å². The average Bonchev–Trinajstić information content (AvgIpc) is 3.41. The SMILES string of the molecule is CC(C)Cc1ccc(CN2CCc3nnc(C(NC(=O)c4ccoc4)C(C)C)n3CC2)cc1. The molecule has 1 aliphatic heterocycles. The van der Waals surface area contributed by atoms with Gasteiger partial charge in [-0.3, -0.25) is 9.69 Å². The predicted molar refractivity (Wildman–Crippen MR) is 128 cm³/mol. The molecule has 1 N–H and O–H groups in total. The van der Waals surface area contributed by atoms with Crippen molar-refractivity contribution in [3.05, 3.63) is 71.2 Å². The Kier molecular flexibility index (Phi) is 7.28. The molecule has 0 bridgehead atoms. The third kappa shape index (κ3) is 5.71. The van der Waals surface area contributed by atoms with Crippen molar-refractivity contribution in [1.82, 2.24) is 25.0 Å². The number of aromatic nitrogens is 3. The molecule has 3 heterocycles. The van der Waals surface area contributed by atoms with Crippen molar-refractivity contribution in [2.24, 2.45) is 11.8 Å². The lowest BCUT2D eigenvalue weighted by atomic mass is 10.0. The highest BCUT2D eigenvalue weighted by molar-refractivity contribution is 5.94. The average molecular weight is 450 g/mol. The molecule has 1 atom stereocenters. The van der Waals surface area contributed by atoms with Crippen LogP contribution in [0.5, 0.6) is 0 Å². The van der Waals surface area contributed by atoms with Crippen LogP contribution in [0, 0.1) is 11.8 Å². The van der Waals surface area contributed by atoms with Gasteiger partial charge in [0.25, 0.3) is 5.91 Å². The maximum absolute atomic E-state index is 12.7. The molecular formula is C26H35N5O2. The fourth-order valence-electron chi connectivity index (χ4n) is 4.44. The van der Waals surface area contributed by atoms with Crippen LogP contribution in [0.3, 0.4) is 0 Å². The zero-order valence-corrected chi connectivity index (χ0v) is 20.1. The van der Waals surface area contributed by atoms with Gasteiger partial charge in [0.15, 0.2) is 5.82 Å². The number of carbonyl (C=O) groups is 1. The Labute approximate surface area is 196 Å². The summed E-state index contributed by atoms with van der Waals surface area (Å²) in [6, 6.07) is 10.5. The molecule has 0 saturated carbocycles. The molecule has 2 aromatic heterocycles. The van der Waals surface area contributed by atoms with E-state index in [1.165, 1.54) is 23.7 Å². The Hall–Kier alpha value is -2.93. The van der Waals surface area contributed by atoms with E-state index in [-0.39, 0.29) is 17.9 Å². The highest BCUT2D eigenvalue weighted by Gasteiger charge is 2.28. The molecular weight excluding hydrogens is 414 g/mol. The number of nitrogens with zero attached hydrogens (tertiary/aromatic N) is 4. The first-order chi connectivity index (χ1) is 15.9. The molecule has 0 radical (unpaired) electrons. The lowest BCUT2D eigenvalue weighted by Gasteiger charge is -2.23. The summed E-state index contributed by atoms with van der Waals surface area (Å²) in [5.74, 6) is 2.51. The Morgan fingerprint density at radius 2 is 1.79 bits per heavy atom. The minimum atomic E-state index is -0.214. The maximum Gasteiger partial charge on any atom is 0.255 e. The summed E-state index contributed by atoms with van der Waals surface area (Å²) in [6.07, 6.45) is 4.94. The zero-order chi connectivity index (χ0) is 23.4. The molecule has 0 spiro atoms. The molecule has 0 saturated heterocycles. The molecule has 7 nitrogen and oxygen atoms in total. The molecule has 176 valence electrons. The molecule has 1 aliphatic rings. The van der Waals surface area contributed by atoms with Gasteiger partial charge in [0.2, 0.25) is 0 Å². The minimum absolute atomic E-state index is 0.157. The number of fused-ring (bicyclic) bond motifs is 1. The number of carbonyl (C=O) groups excluding carboxylic acids is 1. The van der Waals surface area contributed by atoms with Crippen molar-refractivity contribution in [1.29, 1.82) is 0 Å². The number of nitrogens with one attached hydrogen (secondary N) is 1. The van der Waals surface area contributed by atoms with Crippen LogP contribution >= 0.6 is 0 Å². The van der Waals surface area contributed by atoms with Gasteiger partial charge in [-0.05, 0) is 35.4 Å². The van der Waals surface area contributed by atoms with Gasteiger partial charge in [-0.2, -0.15) is 0 Å². The molecule has 4 rings (SSSR count). The smallest absolute Gasteiger partial charge is 0.255 e. The monoisotopic (exact) mass is 449 g/mol. The molecule has 7 heteroatoms. The van der Waals surface area contributed by atoms with Crippen LogP contribution in [0.4, 0.5) is 0 Å². The van der Waals surface area contributed by atoms with Gasteiger partial charge in [-0.25, -0.2) is 0 Å². The van der Waals surface area contributed by atoms with Crippen LogP contribution in [-0.2, 0) is 25.9 Å². The summed E-state index contributed by atoms with van der Waals surface area (Å²) in [4.78, 5) is 15.1. The highest BCUT2D eigenvalue weighted by Crippen LogP contribution is 2.23. The second-order valence-electron chi connectivity index (χ2n) is 9.77. The van der Waals surface area contributed by atoms with Gasteiger partial charge in [-0.1, -0.05) is 52.0 Å². The largest absolute Gasteiger partial charge is 0.472 e. The van der Waals surface area contributed by atoms with E-state index in [0.717, 1.165) is 50.7 Å². The molecule has 1 unspecified atom stereocenters. The number of hydrogen-bond donors (Lipinski definition) is 1. The standard InChI is InChI=1S/C26H35N5O2/c1-18(2)15-20-5-7-21(8-6-20)16-30-11-9-23-28-29-25(31(23)13-12-30)24(19(3)4)27-26(32)22-10-14-33-17-22/h5-8,10,14,17-19,24H,9,11-13,15-16H2,1-4H3,(H,27,32). The van der Waals surface area contributed by atoms with Crippen LogP contribution in [0.25, 0.3) is 0 Å². The summed E-state index contributed by atoms with van der Waals surface area (Å²) in [5, 5.41) is 12.1. The number of hydrogen-bond acceptors (Lipinski definition) is 5. The Bertz CT molecular complexity index is 1040. The lowest BCUT2D eigenvalue weighted by Crippen LogP contribution is -2.34. The number of benzene rings is 1. The fraction of sp³-hybridized carbons (Fsp3) is 0.500. The van der Waals surface area contributed by atoms with Crippen LogP contribution in [0.1, 0.15) is 66.9 Å². The molecule has 1 amide bonds. The van der Waals surface area contributed by atoms with Crippen LogP contribution in [-0.4, -0.2) is 38.7 Å². The Morgan fingerprint density at radius 1 is 1.03 bits per heavy atom. The van der Waals surface area contributed by atoms with Crippen molar-refractivity contribution in [2.45, 2.75) is 59.7 Å². The van der Waals surface area contributed by atoms with Crippen LogP contribution in [0.15, 0.2) is 47.3 Å². The topological polar surface area (TPSA) is 76.2 Å². The van der Waals surface area contributed by atoms with E-state index in [1.807, 2.05) is 0 Å². The first kappa shape index (κ1) is 23.2. The fourth-order valence-corrected chi connectivity index (χ4v) is 4.44. The van der Waals surface area contributed by atoms with E-state index in [1.54, 1.807) is 6.07 Å². The maximum atomic E-state index is 12.7. The Balaban J connectivity index is 1.42. The van der Waals surface area contributed by atoms with Crippen LogP contribution in [0.2, 0.25) is 0 Å². The zero-order valence-electron chi connectivity index (χ0n) is 20.1. The first-order valence-corrected chi connectivity index (χ1v) is 12.0. The van der Waals surface area contributed by atoms with Crippen molar-refractivity contribution in [3.63, 3.8) is 0 Å². The second-order valence-corrected chi connectivity index (χ2v) is 9.77. The third-order valence-electron chi connectivity index (χ3n) is 6.24. The summed E-state index contributed by atoms with van der Waals surface area (Å²) in [5.41, 5.74) is 3.26. The van der Waals surface area contributed by atoms with Crippen molar-refractivity contribution in [2.75, 3.05) is 13.1 Å². The second kappa shape index (κ2) is 10.3. The lowest BCUT2D eigenvalue weighted by molar-refractivity contribution is 0.0921. The highest BCUT2D eigenvalue weighted by atomic mass is 16.3. The first-order valence-electron chi connectivity index (χ1n) is 12.0. The van der Waals surface area contributed by atoms with E-state index >= 15 is 0 Å². The third-order valence-corrected chi connectivity index (χ3v) is 6.24. The van der Waals surface area contributed by atoms with E-state index in [0.29, 0.717) is 11.5 Å². The van der Waals surface area contributed by atoms with Crippen molar-refractivity contribution in [3.8, 4) is 0 Å². The van der Waals surface area contributed by atoms with Gasteiger partial charge >= 0.3 is 0 Å². The number of rotatable bonds is 8. The van der Waals surface area contributed by atoms with Crippen LogP contribution < -0.4 is 5.32 Å². The summed E-state index contributed by atoms with van der Waals surface area (Å²) < 4.78 is 7.26. The van der Waals surface area contributed by atoms with Gasteiger partial charge in [0.1, 0.15) is 12.1 Å². The van der Waals surface area contributed by atoms with E-state index in [2.05, 4.69) is 76.9 Å². The quantitative estimate of drug-likeness (QED) is 0.556. The van der Waals surface area contributed by atoms with E-state index in [4.69, 9.17) is 4.42 Å². The van der Waals surface area contributed by atoms with Gasteiger partial charge in [-0.15, -0.1) is 10.2 Å². The van der Waals surface area contributed by atoms with Gasteiger partial charge < -0.3 is 14.3 Å². The Morgan fingerprint density at radius 3 is 2.45 bits per heavy atom. The molecule has 0 aliphatic carbocycles. The van der Waals surface area contributed by atoms with E-state index in [9.17, 15) is 4.79 Å². The number of furan rings is 1. The molecule has 0 fully saturated rings. The molecule has 33 heavy (non-hydrogen) atoms. The van der Waals surface area contributed by atoms with Crippen molar-refractivity contribution < 1.29 is 9.21 Å². The molecule has 1 aromatic carbocycles. The van der Waals surface area contributed by atoms with E-state index < -0.39 is 0 Å². The molecule has 3 aromatic rings. The van der Waals surface area contributed by atoms with Gasteiger partial charge in [0, 0.05) is 32.6 Å². The summed E-state index contributed by atoms with van der Waals surface area (Å²) >= 11 is 0. The summed E-state index contributed by atoms with van der Waals surface area (Å²) in [6.45, 7) is 12.3. The number of amides is 1. The predicted octanol–water partition coefficient (Wildman–Crippen LogP) is 4.26. The van der Waals surface area contributed by atoms with Crippen molar-refractivity contribution >= 4 is 5.91 Å². The normalized spacial score (nSPS) is 15.5.